The Hall–Kier alpha value is -1.29. The summed E-state index contributed by atoms with van der Waals surface area (Å²) in [5.74, 6) is 2.43. The molecule has 2 aliphatic rings. The average Bonchev–Trinajstić information content (AvgIpc) is 2.81. The molecule has 2 atom stereocenters. The molecule has 0 bridgehead atoms. The predicted octanol–water partition coefficient (Wildman–Crippen LogP) is 2.19. The van der Waals surface area contributed by atoms with Gasteiger partial charge in [-0.05, 0) is 18.4 Å². The second-order valence-electron chi connectivity index (χ2n) is 5.42. The van der Waals surface area contributed by atoms with Gasteiger partial charge in [-0.2, -0.15) is 0 Å². The fourth-order valence-electron chi connectivity index (χ4n) is 2.90. The molecule has 1 aromatic rings. The number of rotatable bonds is 2. The lowest BCUT2D eigenvalue weighted by atomic mass is 10.0. The maximum absolute atomic E-state index is 5.96. The highest BCUT2D eigenvalue weighted by Gasteiger charge is 2.38. The summed E-state index contributed by atoms with van der Waals surface area (Å²) in [6.07, 6.45) is 3.22. The van der Waals surface area contributed by atoms with Gasteiger partial charge in [0, 0.05) is 25.4 Å². The normalized spacial score (nSPS) is 25.9. The number of pyridine rings is 1. The zero-order valence-corrected chi connectivity index (χ0v) is 11.2. The highest BCUT2D eigenvalue weighted by Crippen LogP contribution is 2.41. The molecule has 2 aliphatic heterocycles. The molecular formula is C14H20N2O2. The van der Waals surface area contributed by atoms with Crippen molar-refractivity contribution in [3.05, 3.63) is 17.8 Å². The van der Waals surface area contributed by atoms with Gasteiger partial charge in [-0.3, -0.25) is 0 Å². The Morgan fingerprint density at radius 2 is 2.33 bits per heavy atom. The first-order valence-corrected chi connectivity index (χ1v) is 6.61. The second-order valence-corrected chi connectivity index (χ2v) is 5.42. The molecule has 0 aromatic carbocycles. The van der Waals surface area contributed by atoms with Crippen molar-refractivity contribution in [2.24, 2.45) is 0 Å². The van der Waals surface area contributed by atoms with Gasteiger partial charge in [0.2, 0.25) is 0 Å². The molecule has 1 fully saturated rings. The van der Waals surface area contributed by atoms with Gasteiger partial charge in [0.1, 0.15) is 6.61 Å². The van der Waals surface area contributed by atoms with Gasteiger partial charge in [-0.25, -0.2) is 4.98 Å². The number of ether oxygens (including phenoxy) is 2. The van der Waals surface area contributed by atoms with Crippen molar-refractivity contribution in [1.29, 1.82) is 0 Å². The van der Waals surface area contributed by atoms with E-state index in [1.807, 2.05) is 6.20 Å². The Balaban J connectivity index is 1.98. The van der Waals surface area contributed by atoms with E-state index in [2.05, 4.69) is 29.8 Å². The Kier molecular flexibility index (Phi) is 2.90. The molecule has 4 heteroatoms. The zero-order chi connectivity index (χ0) is 12.7. The smallest absolute Gasteiger partial charge is 0.172 e. The molecule has 0 N–H and O–H groups in total. The van der Waals surface area contributed by atoms with Gasteiger partial charge < -0.3 is 14.4 Å². The van der Waals surface area contributed by atoms with Crippen molar-refractivity contribution in [2.45, 2.75) is 38.3 Å². The van der Waals surface area contributed by atoms with Crippen LogP contribution in [0.5, 0.6) is 5.75 Å². The van der Waals surface area contributed by atoms with E-state index in [0.29, 0.717) is 18.1 Å². The highest BCUT2D eigenvalue weighted by molar-refractivity contribution is 5.60. The van der Waals surface area contributed by atoms with E-state index in [4.69, 9.17) is 9.47 Å². The van der Waals surface area contributed by atoms with Gasteiger partial charge in [-0.1, -0.05) is 13.8 Å². The van der Waals surface area contributed by atoms with E-state index in [1.54, 1.807) is 7.11 Å². The lowest BCUT2D eigenvalue weighted by Crippen LogP contribution is -2.39. The van der Waals surface area contributed by atoms with Crippen molar-refractivity contribution >= 4 is 5.82 Å². The average molecular weight is 248 g/mol. The summed E-state index contributed by atoms with van der Waals surface area (Å²) in [5, 5.41) is 0. The molecular weight excluding hydrogens is 228 g/mol. The first kappa shape index (κ1) is 11.8. The molecule has 3 rings (SSSR count). The number of aromatic nitrogens is 1. The molecule has 0 amide bonds. The minimum absolute atomic E-state index is 0.300. The number of hydrogen-bond donors (Lipinski definition) is 0. The Morgan fingerprint density at radius 1 is 1.50 bits per heavy atom. The number of methoxy groups -OCH3 is 1. The largest absolute Gasteiger partial charge is 0.487 e. The number of hydrogen-bond acceptors (Lipinski definition) is 4. The van der Waals surface area contributed by atoms with E-state index in [0.717, 1.165) is 31.1 Å². The molecule has 1 saturated heterocycles. The summed E-state index contributed by atoms with van der Waals surface area (Å²) in [4.78, 5) is 6.87. The minimum Gasteiger partial charge on any atom is -0.487 e. The van der Waals surface area contributed by atoms with Crippen molar-refractivity contribution in [1.82, 2.24) is 4.98 Å². The number of fused-ring (bicyclic) bond motifs is 3. The van der Waals surface area contributed by atoms with Crippen molar-refractivity contribution < 1.29 is 9.47 Å². The van der Waals surface area contributed by atoms with E-state index >= 15 is 0 Å². The van der Waals surface area contributed by atoms with Crippen molar-refractivity contribution in [2.75, 3.05) is 25.2 Å². The monoisotopic (exact) mass is 248 g/mol. The highest BCUT2D eigenvalue weighted by atomic mass is 16.5. The Bertz CT molecular complexity index is 447. The summed E-state index contributed by atoms with van der Waals surface area (Å²) < 4.78 is 11.4. The second kappa shape index (κ2) is 4.43. The van der Waals surface area contributed by atoms with Gasteiger partial charge in [0.25, 0.3) is 0 Å². The van der Waals surface area contributed by atoms with Gasteiger partial charge in [0.05, 0.1) is 12.1 Å². The Morgan fingerprint density at radius 3 is 3.06 bits per heavy atom. The molecule has 0 unspecified atom stereocenters. The van der Waals surface area contributed by atoms with Crippen LogP contribution in [0.1, 0.15) is 31.7 Å². The van der Waals surface area contributed by atoms with Crippen LogP contribution in [0.25, 0.3) is 0 Å². The van der Waals surface area contributed by atoms with Crippen LogP contribution >= 0.6 is 0 Å². The molecule has 0 aliphatic carbocycles. The van der Waals surface area contributed by atoms with Gasteiger partial charge in [0.15, 0.2) is 11.6 Å². The summed E-state index contributed by atoms with van der Waals surface area (Å²) in [6, 6.07) is 2.48. The minimum atomic E-state index is 0.300. The third-order valence-corrected chi connectivity index (χ3v) is 3.94. The van der Waals surface area contributed by atoms with E-state index in [9.17, 15) is 0 Å². The third-order valence-electron chi connectivity index (χ3n) is 3.94. The summed E-state index contributed by atoms with van der Waals surface area (Å²) >= 11 is 0. The van der Waals surface area contributed by atoms with Gasteiger partial charge in [-0.15, -0.1) is 0 Å². The van der Waals surface area contributed by atoms with Crippen LogP contribution in [-0.4, -0.2) is 37.4 Å². The van der Waals surface area contributed by atoms with Crippen molar-refractivity contribution in [3.8, 4) is 5.75 Å². The maximum atomic E-state index is 5.96. The first-order chi connectivity index (χ1) is 8.70. The molecule has 0 radical (unpaired) electrons. The SMILES string of the molecule is CO[C@@H]1C[C@@H]2COc3c(C(C)C)ccnc3N2C1. The van der Waals surface area contributed by atoms with Crippen LogP contribution in [0.2, 0.25) is 0 Å². The molecule has 0 spiro atoms. The molecule has 4 nitrogen and oxygen atoms in total. The van der Waals surface area contributed by atoms with Crippen molar-refractivity contribution in [3.63, 3.8) is 0 Å². The predicted molar refractivity (Wildman–Crippen MR) is 70.4 cm³/mol. The van der Waals surface area contributed by atoms with E-state index in [1.165, 1.54) is 5.56 Å². The molecule has 3 heterocycles. The fourth-order valence-corrected chi connectivity index (χ4v) is 2.90. The molecule has 98 valence electrons. The molecule has 1 aromatic heterocycles. The molecule has 0 saturated carbocycles. The van der Waals surface area contributed by atoms with Crippen LogP contribution in [0, 0.1) is 0 Å². The van der Waals surface area contributed by atoms with E-state index in [-0.39, 0.29) is 0 Å². The van der Waals surface area contributed by atoms with Crippen LogP contribution in [0.3, 0.4) is 0 Å². The van der Waals surface area contributed by atoms with Crippen LogP contribution < -0.4 is 9.64 Å². The first-order valence-electron chi connectivity index (χ1n) is 6.61. The quantitative estimate of drug-likeness (QED) is 0.803. The topological polar surface area (TPSA) is 34.6 Å². The third kappa shape index (κ3) is 1.75. The zero-order valence-electron chi connectivity index (χ0n) is 11.2. The summed E-state index contributed by atoms with van der Waals surface area (Å²) in [5.41, 5.74) is 1.25. The summed E-state index contributed by atoms with van der Waals surface area (Å²) in [6.45, 7) is 6.05. The fraction of sp³-hybridized carbons (Fsp3) is 0.643. The number of nitrogens with zero attached hydrogens (tertiary/aromatic N) is 2. The van der Waals surface area contributed by atoms with Gasteiger partial charge >= 0.3 is 0 Å². The molecule has 18 heavy (non-hydrogen) atoms. The summed E-state index contributed by atoms with van der Waals surface area (Å²) in [7, 11) is 1.78. The lowest BCUT2D eigenvalue weighted by Gasteiger charge is -2.33. The standard InChI is InChI=1S/C14H20N2O2/c1-9(2)12-4-5-15-14-13(12)18-8-10-6-11(17-3)7-16(10)14/h4-5,9-11H,6-8H2,1-3H3/t10-,11-/m1/s1. The van der Waals surface area contributed by atoms with E-state index < -0.39 is 0 Å². The Labute approximate surface area is 108 Å². The van der Waals surface area contributed by atoms with Crippen LogP contribution in [0.15, 0.2) is 12.3 Å². The van der Waals surface area contributed by atoms with Crippen LogP contribution in [-0.2, 0) is 4.74 Å². The number of anilines is 1. The van der Waals surface area contributed by atoms with Crippen LogP contribution in [0.4, 0.5) is 5.82 Å². The lowest BCUT2D eigenvalue weighted by molar-refractivity contribution is 0.116. The maximum Gasteiger partial charge on any atom is 0.172 e.